The molecule has 0 saturated heterocycles. The van der Waals surface area contributed by atoms with E-state index in [0.717, 1.165) is 18.8 Å². The van der Waals surface area contributed by atoms with Gasteiger partial charge in [-0.1, -0.05) is 32.3 Å². The maximum atomic E-state index is 11.1. The van der Waals surface area contributed by atoms with Crippen LogP contribution < -0.4 is 10.2 Å². The Labute approximate surface area is 117 Å². The zero-order valence-electron chi connectivity index (χ0n) is 12.4. The van der Waals surface area contributed by atoms with E-state index < -0.39 is 0 Å². The summed E-state index contributed by atoms with van der Waals surface area (Å²) in [5.41, 5.74) is 2.06. The molecular formula is C16H26N2O. The fourth-order valence-corrected chi connectivity index (χ4v) is 2.18. The van der Waals surface area contributed by atoms with Gasteiger partial charge in [-0.2, -0.15) is 0 Å². The molecule has 1 aromatic carbocycles. The first kappa shape index (κ1) is 15.5. The molecule has 106 valence electrons. The Morgan fingerprint density at radius 1 is 1.21 bits per heavy atom. The summed E-state index contributed by atoms with van der Waals surface area (Å²) in [6, 6.07) is 8.07. The molecule has 0 unspecified atom stereocenters. The Morgan fingerprint density at radius 3 is 2.63 bits per heavy atom. The number of unbranched alkanes of at least 4 members (excludes halogenated alkanes) is 3. The fourth-order valence-electron chi connectivity index (χ4n) is 2.18. The van der Waals surface area contributed by atoms with Gasteiger partial charge in [-0.3, -0.25) is 4.79 Å². The number of nitrogens with one attached hydrogen (secondary N) is 1. The first-order valence-corrected chi connectivity index (χ1v) is 7.30. The van der Waals surface area contributed by atoms with Gasteiger partial charge in [0, 0.05) is 31.4 Å². The molecule has 0 fully saturated rings. The molecule has 0 radical (unpaired) electrons. The molecule has 0 aliphatic heterocycles. The standard InChI is InChI=1S/C16H26N2O/c1-4-6-7-8-12-18(5-2)16-11-9-10-15(13-16)17-14(3)19/h9-11,13H,4-8,12H2,1-3H3,(H,17,19). The van der Waals surface area contributed by atoms with Gasteiger partial charge in [0.1, 0.15) is 0 Å². The normalized spacial score (nSPS) is 10.3. The van der Waals surface area contributed by atoms with Gasteiger partial charge in [0.15, 0.2) is 0 Å². The Bertz CT molecular complexity index is 390. The molecule has 1 N–H and O–H groups in total. The zero-order chi connectivity index (χ0) is 14.1. The predicted molar refractivity (Wildman–Crippen MR) is 82.8 cm³/mol. The Morgan fingerprint density at radius 2 is 2.00 bits per heavy atom. The minimum atomic E-state index is -0.0249. The first-order chi connectivity index (χ1) is 9.17. The number of anilines is 2. The van der Waals surface area contributed by atoms with Gasteiger partial charge in [-0.05, 0) is 31.5 Å². The minimum absolute atomic E-state index is 0.0249. The third-order valence-electron chi connectivity index (χ3n) is 3.19. The van der Waals surface area contributed by atoms with Crippen LogP contribution in [0.5, 0.6) is 0 Å². The van der Waals surface area contributed by atoms with E-state index in [9.17, 15) is 4.79 Å². The summed E-state index contributed by atoms with van der Waals surface area (Å²) in [6.07, 6.45) is 5.10. The van der Waals surface area contributed by atoms with E-state index >= 15 is 0 Å². The van der Waals surface area contributed by atoms with Crippen LogP contribution in [-0.4, -0.2) is 19.0 Å². The van der Waals surface area contributed by atoms with Crippen LogP contribution in [0.2, 0.25) is 0 Å². The van der Waals surface area contributed by atoms with Crippen molar-refractivity contribution in [3.05, 3.63) is 24.3 Å². The van der Waals surface area contributed by atoms with E-state index in [1.54, 1.807) is 0 Å². The molecule has 1 aromatic rings. The third kappa shape index (κ3) is 5.77. The molecule has 0 spiro atoms. The summed E-state index contributed by atoms with van der Waals surface area (Å²) in [5.74, 6) is -0.0249. The molecule has 0 aromatic heterocycles. The van der Waals surface area contributed by atoms with Crippen molar-refractivity contribution in [2.75, 3.05) is 23.3 Å². The second-order valence-corrected chi connectivity index (χ2v) is 4.87. The molecular weight excluding hydrogens is 236 g/mol. The predicted octanol–water partition coefficient (Wildman–Crippen LogP) is 4.05. The van der Waals surface area contributed by atoms with Crippen molar-refractivity contribution in [1.82, 2.24) is 0 Å². The lowest BCUT2D eigenvalue weighted by Gasteiger charge is -2.23. The van der Waals surface area contributed by atoms with Gasteiger partial charge >= 0.3 is 0 Å². The van der Waals surface area contributed by atoms with Crippen molar-refractivity contribution < 1.29 is 4.79 Å². The van der Waals surface area contributed by atoms with Gasteiger partial charge in [-0.25, -0.2) is 0 Å². The summed E-state index contributed by atoms with van der Waals surface area (Å²) >= 11 is 0. The van der Waals surface area contributed by atoms with Crippen molar-refractivity contribution in [3.63, 3.8) is 0 Å². The van der Waals surface area contributed by atoms with Crippen LogP contribution in [0.1, 0.15) is 46.5 Å². The van der Waals surface area contributed by atoms with E-state index in [-0.39, 0.29) is 5.91 Å². The molecule has 1 amide bonds. The number of nitrogens with zero attached hydrogens (tertiary/aromatic N) is 1. The molecule has 0 bridgehead atoms. The monoisotopic (exact) mass is 262 g/mol. The SMILES string of the molecule is CCCCCCN(CC)c1cccc(NC(C)=O)c1. The summed E-state index contributed by atoms with van der Waals surface area (Å²) in [5, 5.41) is 2.83. The minimum Gasteiger partial charge on any atom is -0.372 e. The van der Waals surface area contributed by atoms with Gasteiger partial charge in [0.25, 0.3) is 0 Å². The second-order valence-electron chi connectivity index (χ2n) is 4.87. The Kier molecular flexibility index (Phi) is 7.01. The largest absolute Gasteiger partial charge is 0.372 e. The number of carbonyl (C=O) groups is 1. The van der Waals surface area contributed by atoms with Crippen LogP contribution in [0.25, 0.3) is 0 Å². The lowest BCUT2D eigenvalue weighted by Crippen LogP contribution is -2.24. The van der Waals surface area contributed by atoms with Crippen molar-refractivity contribution in [2.24, 2.45) is 0 Å². The molecule has 3 nitrogen and oxygen atoms in total. The molecule has 3 heteroatoms. The van der Waals surface area contributed by atoms with E-state index in [0.29, 0.717) is 0 Å². The highest BCUT2D eigenvalue weighted by molar-refractivity contribution is 5.89. The highest BCUT2D eigenvalue weighted by atomic mass is 16.1. The van der Waals surface area contributed by atoms with Crippen LogP contribution in [0.15, 0.2) is 24.3 Å². The van der Waals surface area contributed by atoms with Gasteiger partial charge < -0.3 is 10.2 Å². The number of amides is 1. The molecule has 0 atom stereocenters. The second kappa shape index (κ2) is 8.57. The van der Waals surface area contributed by atoms with Crippen LogP contribution >= 0.6 is 0 Å². The van der Waals surface area contributed by atoms with Gasteiger partial charge in [-0.15, -0.1) is 0 Å². The molecule has 19 heavy (non-hydrogen) atoms. The molecule has 0 heterocycles. The maximum Gasteiger partial charge on any atom is 0.221 e. The average Bonchev–Trinajstić information content (AvgIpc) is 2.38. The first-order valence-electron chi connectivity index (χ1n) is 7.30. The van der Waals surface area contributed by atoms with E-state index in [2.05, 4.69) is 30.1 Å². The van der Waals surface area contributed by atoms with E-state index in [1.807, 2.05) is 18.2 Å². The topological polar surface area (TPSA) is 32.3 Å². The molecule has 1 rings (SSSR count). The molecule has 0 aliphatic carbocycles. The van der Waals surface area contributed by atoms with Gasteiger partial charge in [0.05, 0.1) is 0 Å². The third-order valence-corrected chi connectivity index (χ3v) is 3.19. The number of hydrogen-bond acceptors (Lipinski definition) is 2. The van der Waals surface area contributed by atoms with Crippen molar-refractivity contribution >= 4 is 17.3 Å². The van der Waals surface area contributed by atoms with Crippen LogP contribution in [0.4, 0.5) is 11.4 Å². The maximum absolute atomic E-state index is 11.1. The Balaban J connectivity index is 2.61. The molecule has 0 saturated carbocycles. The average molecular weight is 262 g/mol. The fraction of sp³-hybridized carbons (Fsp3) is 0.562. The van der Waals surface area contributed by atoms with E-state index in [1.165, 1.54) is 38.3 Å². The van der Waals surface area contributed by atoms with Crippen molar-refractivity contribution in [2.45, 2.75) is 46.5 Å². The highest BCUT2D eigenvalue weighted by Crippen LogP contribution is 2.20. The van der Waals surface area contributed by atoms with Crippen molar-refractivity contribution in [1.29, 1.82) is 0 Å². The molecule has 0 aliphatic rings. The number of rotatable bonds is 8. The smallest absolute Gasteiger partial charge is 0.221 e. The van der Waals surface area contributed by atoms with Crippen LogP contribution in [0.3, 0.4) is 0 Å². The number of carbonyl (C=O) groups excluding carboxylic acids is 1. The summed E-state index contributed by atoms with van der Waals surface area (Å²) < 4.78 is 0. The summed E-state index contributed by atoms with van der Waals surface area (Å²) in [7, 11) is 0. The van der Waals surface area contributed by atoms with Crippen molar-refractivity contribution in [3.8, 4) is 0 Å². The number of hydrogen-bond donors (Lipinski definition) is 1. The number of benzene rings is 1. The lowest BCUT2D eigenvalue weighted by molar-refractivity contribution is -0.114. The lowest BCUT2D eigenvalue weighted by atomic mass is 10.2. The van der Waals surface area contributed by atoms with Crippen LogP contribution in [-0.2, 0) is 4.79 Å². The summed E-state index contributed by atoms with van der Waals surface area (Å²) in [4.78, 5) is 13.4. The summed E-state index contributed by atoms with van der Waals surface area (Å²) in [6.45, 7) is 8.02. The van der Waals surface area contributed by atoms with Crippen LogP contribution in [0, 0.1) is 0 Å². The Hall–Kier alpha value is -1.51. The zero-order valence-corrected chi connectivity index (χ0v) is 12.4. The van der Waals surface area contributed by atoms with Gasteiger partial charge in [0.2, 0.25) is 5.91 Å². The quantitative estimate of drug-likeness (QED) is 0.717. The highest BCUT2D eigenvalue weighted by Gasteiger charge is 2.05. The van der Waals surface area contributed by atoms with E-state index in [4.69, 9.17) is 0 Å².